The molecular formula is C7H4INS. The molecule has 2 rings (SSSR count). The molecule has 50 valence electrons. The number of fused-ring (bicyclic) bond motifs is 1. The largest absolute Gasteiger partial charge is 0.262 e. The second-order valence-electron chi connectivity index (χ2n) is 1.95. The molecule has 2 aromatic heterocycles. The summed E-state index contributed by atoms with van der Waals surface area (Å²) in [7, 11) is 0. The first kappa shape index (κ1) is 6.54. The van der Waals surface area contributed by atoms with Gasteiger partial charge in [-0.2, -0.15) is 0 Å². The monoisotopic (exact) mass is 261 g/mol. The van der Waals surface area contributed by atoms with Gasteiger partial charge < -0.3 is 0 Å². The third kappa shape index (κ3) is 0.932. The van der Waals surface area contributed by atoms with E-state index in [1.54, 1.807) is 11.3 Å². The number of hydrogen-bond acceptors (Lipinski definition) is 2. The van der Waals surface area contributed by atoms with Gasteiger partial charge in [0.05, 0.1) is 4.70 Å². The molecule has 0 saturated heterocycles. The Morgan fingerprint density at radius 3 is 3.10 bits per heavy atom. The van der Waals surface area contributed by atoms with Crippen LogP contribution in [0.3, 0.4) is 0 Å². The summed E-state index contributed by atoms with van der Waals surface area (Å²) in [6, 6.07) is 2.13. The van der Waals surface area contributed by atoms with E-state index in [-0.39, 0.29) is 0 Å². The Morgan fingerprint density at radius 2 is 2.30 bits per heavy atom. The summed E-state index contributed by atoms with van der Waals surface area (Å²) < 4.78 is 2.50. The number of halogens is 1. The molecule has 0 saturated carbocycles. The zero-order valence-electron chi connectivity index (χ0n) is 5.04. The van der Waals surface area contributed by atoms with E-state index in [0.717, 1.165) is 0 Å². The van der Waals surface area contributed by atoms with E-state index >= 15 is 0 Å². The second-order valence-corrected chi connectivity index (χ2v) is 4.06. The van der Waals surface area contributed by atoms with Gasteiger partial charge in [-0.05, 0) is 34.0 Å². The van der Waals surface area contributed by atoms with Gasteiger partial charge in [0.2, 0.25) is 0 Å². The normalized spacial score (nSPS) is 10.5. The maximum absolute atomic E-state index is 4.09. The first-order valence-electron chi connectivity index (χ1n) is 2.84. The van der Waals surface area contributed by atoms with Gasteiger partial charge in [0, 0.05) is 21.4 Å². The summed E-state index contributed by atoms with van der Waals surface area (Å²) >= 11 is 4.03. The summed E-state index contributed by atoms with van der Waals surface area (Å²) in [5, 5.41) is 3.41. The quantitative estimate of drug-likeness (QED) is 0.664. The Bertz CT molecular complexity index is 355. The fourth-order valence-electron chi connectivity index (χ4n) is 0.858. The van der Waals surface area contributed by atoms with Crippen LogP contribution in [0.4, 0.5) is 0 Å². The fraction of sp³-hybridized carbons (Fsp3) is 0. The predicted octanol–water partition coefficient (Wildman–Crippen LogP) is 2.90. The highest BCUT2D eigenvalue weighted by Crippen LogP contribution is 2.23. The molecule has 0 spiro atoms. The van der Waals surface area contributed by atoms with Crippen LogP contribution in [0.5, 0.6) is 0 Å². The molecule has 0 aliphatic rings. The number of aromatic nitrogens is 1. The van der Waals surface area contributed by atoms with Gasteiger partial charge in [-0.3, -0.25) is 4.98 Å². The van der Waals surface area contributed by atoms with Crippen LogP contribution >= 0.6 is 33.9 Å². The van der Waals surface area contributed by atoms with E-state index in [0.29, 0.717) is 0 Å². The van der Waals surface area contributed by atoms with Crippen molar-refractivity contribution in [1.82, 2.24) is 4.98 Å². The van der Waals surface area contributed by atoms with Gasteiger partial charge in [0.25, 0.3) is 0 Å². The van der Waals surface area contributed by atoms with Crippen molar-refractivity contribution in [3.8, 4) is 0 Å². The SMILES string of the molecule is Ic1cncc2sccc12. The number of hydrogen-bond donors (Lipinski definition) is 0. The average Bonchev–Trinajstić information content (AvgIpc) is 2.36. The minimum absolute atomic E-state index is 1.23. The van der Waals surface area contributed by atoms with Crippen molar-refractivity contribution in [2.75, 3.05) is 0 Å². The molecular weight excluding hydrogens is 257 g/mol. The lowest BCUT2D eigenvalue weighted by atomic mass is 10.3. The summed E-state index contributed by atoms with van der Waals surface area (Å²) in [4.78, 5) is 4.09. The van der Waals surface area contributed by atoms with E-state index in [2.05, 4.69) is 39.0 Å². The topological polar surface area (TPSA) is 12.9 Å². The minimum atomic E-state index is 1.23. The Balaban J connectivity index is 2.95. The third-order valence-electron chi connectivity index (χ3n) is 1.33. The molecule has 0 atom stereocenters. The van der Waals surface area contributed by atoms with Gasteiger partial charge >= 0.3 is 0 Å². The van der Waals surface area contributed by atoms with E-state index in [9.17, 15) is 0 Å². The van der Waals surface area contributed by atoms with Gasteiger partial charge in [0.15, 0.2) is 0 Å². The minimum Gasteiger partial charge on any atom is -0.262 e. The zero-order valence-corrected chi connectivity index (χ0v) is 8.02. The van der Waals surface area contributed by atoms with Gasteiger partial charge in [-0.1, -0.05) is 0 Å². The van der Waals surface area contributed by atoms with Crippen LogP contribution in [0, 0.1) is 3.57 Å². The van der Waals surface area contributed by atoms with Crippen molar-refractivity contribution in [3.05, 3.63) is 27.4 Å². The fourth-order valence-corrected chi connectivity index (χ4v) is 2.45. The number of rotatable bonds is 0. The lowest BCUT2D eigenvalue weighted by Gasteiger charge is -1.89. The highest BCUT2D eigenvalue weighted by atomic mass is 127. The maximum atomic E-state index is 4.09. The van der Waals surface area contributed by atoms with Crippen molar-refractivity contribution in [2.24, 2.45) is 0 Å². The Kier molecular flexibility index (Phi) is 1.61. The van der Waals surface area contributed by atoms with Crippen molar-refractivity contribution in [3.63, 3.8) is 0 Å². The van der Waals surface area contributed by atoms with Crippen LogP contribution in [0.2, 0.25) is 0 Å². The van der Waals surface area contributed by atoms with Crippen LogP contribution in [-0.4, -0.2) is 4.98 Å². The molecule has 0 unspecified atom stereocenters. The van der Waals surface area contributed by atoms with E-state index in [1.165, 1.54) is 13.7 Å². The third-order valence-corrected chi connectivity index (χ3v) is 3.04. The molecule has 0 fully saturated rings. The summed E-state index contributed by atoms with van der Waals surface area (Å²) in [5.74, 6) is 0. The molecule has 0 N–H and O–H groups in total. The molecule has 0 aromatic carbocycles. The molecule has 3 heteroatoms. The molecule has 0 aliphatic heterocycles. The molecule has 1 nitrogen and oxygen atoms in total. The molecule has 10 heavy (non-hydrogen) atoms. The first-order chi connectivity index (χ1) is 4.88. The number of thiophene rings is 1. The second kappa shape index (κ2) is 2.47. The van der Waals surface area contributed by atoms with Crippen LogP contribution in [0.25, 0.3) is 10.1 Å². The van der Waals surface area contributed by atoms with E-state index in [1.807, 2.05) is 12.4 Å². The first-order valence-corrected chi connectivity index (χ1v) is 4.80. The number of pyridine rings is 1. The van der Waals surface area contributed by atoms with Crippen molar-refractivity contribution in [1.29, 1.82) is 0 Å². The van der Waals surface area contributed by atoms with Crippen LogP contribution in [-0.2, 0) is 0 Å². The smallest absolute Gasteiger partial charge is 0.0536 e. The Labute approximate surface area is 76.2 Å². The highest BCUT2D eigenvalue weighted by molar-refractivity contribution is 14.1. The van der Waals surface area contributed by atoms with Crippen LogP contribution in [0.1, 0.15) is 0 Å². The van der Waals surface area contributed by atoms with Crippen LogP contribution < -0.4 is 0 Å². The molecule has 0 bridgehead atoms. The van der Waals surface area contributed by atoms with Crippen molar-refractivity contribution in [2.45, 2.75) is 0 Å². The van der Waals surface area contributed by atoms with E-state index in [4.69, 9.17) is 0 Å². The van der Waals surface area contributed by atoms with E-state index < -0.39 is 0 Å². The highest BCUT2D eigenvalue weighted by Gasteiger charge is 1.96. The number of nitrogens with zero attached hydrogens (tertiary/aromatic N) is 1. The summed E-state index contributed by atoms with van der Waals surface area (Å²) in [6.07, 6.45) is 3.79. The van der Waals surface area contributed by atoms with Crippen molar-refractivity contribution < 1.29 is 0 Å². The molecule has 2 heterocycles. The standard InChI is InChI=1S/C7H4INS/c8-6-3-9-4-7-5(6)1-2-10-7/h1-4H. The summed E-state index contributed by atoms with van der Waals surface area (Å²) in [6.45, 7) is 0. The Hall–Kier alpha value is -0.160. The lowest BCUT2D eigenvalue weighted by Crippen LogP contribution is -1.73. The predicted molar refractivity (Wildman–Crippen MR) is 52.3 cm³/mol. The van der Waals surface area contributed by atoms with Crippen LogP contribution in [0.15, 0.2) is 23.8 Å². The van der Waals surface area contributed by atoms with Crippen molar-refractivity contribution >= 4 is 44.0 Å². The van der Waals surface area contributed by atoms with Gasteiger partial charge in [-0.15, -0.1) is 11.3 Å². The maximum Gasteiger partial charge on any atom is 0.0536 e. The molecule has 0 amide bonds. The zero-order chi connectivity index (χ0) is 6.97. The average molecular weight is 261 g/mol. The molecule has 0 aliphatic carbocycles. The lowest BCUT2D eigenvalue weighted by molar-refractivity contribution is 1.36. The Morgan fingerprint density at radius 1 is 1.40 bits per heavy atom. The molecule has 2 aromatic rings. The van der Waals surface area contributed by atoms with Gasteiger partial charge in [-0.25, -0.2) is 0 Å². The molecule has 0 radical (unpaired) electrons. The van der Waals surface area contributed by atoms with Gasteiger partial charge in [0.1, 0.15) is 0 Å². The summed E-state index contributed by atoms with van der Waals surface area (Å²) in [5.41, 5.74) is 0.